The van der Waals surface area contributed by atoms with Crippen LogP contribution in [0.5, 0.6) is 0 Å². The number of anilines is 1. The van der Waals surface area contributed by atoms with Gasteiger partial charge in [0.15, 0.2) is 0 Å². The van der Waals surface area contributed by atoms with Crippen LogP contribution in [-0.2, 0) is 9.53 Å². The highest BCUT2D eigenvalue weighted by Crippen LogP contribution is 2.15. The first-order valence-corrected chi connectivity index (χ1v) is 6.40. The Morgan fingerprint density at radius 3 is 2.70 bits per heavy atom. The minimum Gasteiger partial charge on any atom is -0.466 e. The summed E-state index contributed by atoms with van der Waals surface area (Å²) in [7, 11) is 1.82. The van der Waals surface area contributed by atoms with Crippen molar-refractivity contribution in [2.24, 2.45) is 0 Å². The van der Waals surface area contributed by atoms with E-state index in [-0.39, 0.29) is 12.4 Å². The second kappa shape index (κ2) is 8.54. The van der Waals surface area contributed by atoms with E-state index in [4.69, 9.17) is 10.00 Å². The van der Waals surface area contributed by atoms with Crippen molar-refractivity contribution in [2.45, 2.75) is 13.3 Å². The van der Waals surface area contributed by atoms with Crippen LogP contribution in [0.25, 0.3) is 0 Å². The van der Waals surface area contributed by atoms with Gasteiger partial charge in [0.1, 0.15) is 11.8 Å². The van der Waals surface area contributed by atoms with E-state index in [1.807, 2.05) is 37.4 Å². The highest BCUT2D eigenvalue weighted by atomic mass is 16.5. The first-order valence-electron chi connectivity index (χ1n) is 6.40. The van der Waals surface area contributed by atoms with E-state index in [2.05, 4.69) is 6.07 Å². The molecule has 1 aromatic carbocycles. The zero-order chi connectivity index (χ0) is 14.8. The number of hydrogen-bond acceptors (Lipinski definition) is 4. The van der Waals surface area contributed by atoms with Crippen LogP contribution in [0, 0.1) is 11.3 Å². The van der Waals surface area contributed by atoms with Crippen molar-refractivity contribution in [3.05, 3.63) is 54.3 Å². The number of carbonyl (C=O) groups excluding carboxylic acids is 1. The van der Waals surface area contributed by atoms with Crippen molar-refractivity contribution in [3.63, 3.8) is 0 Å². The van der Waals surface area contributed by atoms with Crippen LogP contribution in [0.4, 0.5) is 5.69 Å². The molecular weight excluding hydrogens is 252 g/mol. The molecule has 1 rings (SSSR count). The minimum absolute atomic E-state index is 0.206. The van der Waals surface area contributed by atoms with Gasteiger partial charge in [0.2, 0.25) is 0 Å². The topological polar surface area (TPSA) is 53.3 Å². The number of ether oxygens (including phenoxy) is 1. The van der Waals surface area contributed by atoms with E-state index in [1.54, 1.807) is 30.1 Å². The van der Waals surface area contributed by atoms with Crippen LogP contribution in [0.15, 0.2) is 54.3 Å². The van der Waals surface area contributed by atoms with Crippen molar-refractivity contribution >= 4 is 11.7 Å². The molecule has 0 amide bonds. The summed E-state index contributed by atoms with van der Waals surface area (Å²) in [4.78, 5) is 12.9. The quantitative estimate of drug-likeness (QED) is 0.453. The van der Waals surface area contributed by atoms with E-state index < -0.39 is 0 Å². The summed E-state index contributed by atoms with van der Waals surface area (Å²) in [5, 5.41) is 9.17. The van der Waals surface area contributed by atoms with Crippen molar-refractivity contribution in [3.8, 4) is 6.07 Å². The summed E-state index contributed by atoms with van der Waals surface area (Å²) >= 11 is 0. The molecule has 0 fully saturated rings. The lowest BCUT2D eigenvalue weighted by Gasteiger charge is -2.17. The normalized spacial score (nSPS) is 11.2. The molecule has 4 heteroatoms. The number of esters is 1. The van der Waals surface area contributed by atoms with Crippen molar-refractivity contribution in [1.82, 2.24) is 0 Å². The van der Waals surface area contributed by atoms with E-state index in [9.17, 15) is 4.79 Å². The molecule has 0 aliphatic carbocycles. The molecule has 0 aromatic heterocycles. The molecule has 0 spiro atoms. The molecule has 0 N–H and O–H groups in total. The molecule has 0 radical (unpaired) electrons. The highest BCUT2D eigenvalue weighted by molar-refractivity contribution is 5.71. The van der Waals surface area contributed by atoms with Crippen molar-refractivity contribution in [1.29, 1.82) is 5.26 Å². The van der Waals surface area contributed by atoms with Gasteiger partial charge in [0, 0.05) is 12.7 Å². The Kier molecular flexibility index (Phi) is 6.63. The fraction of sp³-hybridized carbons (Fsp3) is 0.250. The summed E-state index contributed by atoms with van der Waals surface area (Å²) in [6.45, 7) is 2.15. The number of nitriles is 1. The molecule has 1 aromatic rings. The maximum atomic E-state index is 11.1. The number of allylic oxidation sites excluding steroid dienone is 3. The van der Waals surface area contributed by atoms with E-state index in [0.29, 0.717) is 12.3 Å². The summed E-state index contributed by atoms with van der Waals surface area (Å²) in [6.07, 6.45) is 5.24. The Morgan fingerprint density at radius 1 is 1.40 bits per heavy atom. The summed E-state index contributed by atoms with van der Waals surface area (Å²) in [5.41, 5.74) is 1.43. The maximum Gasteiger partial charge on any atom is 0.309 e. The first kappa shape index (κ1) is 15.5. The third kappa shape index (κ3) is 4.99. The molecule has 0 saturated carbocycles. The van der Waals surface area contributed by atoms with Gasteiger partial charge in [0.25, 0.3) is 0 Å². The van der Waals surface area contributed by atoms with Crippen molar-refractivity contribution in [2.75, 3.05) is 18.6 Å². The lowest BCUT2D eigenvalue weighted by Crippen LogP contribution is -2.14. The maximum absolute atomic E-state index is 11.1. The number of rotatable bonds is 6. The zero-order valence-corrected chi connectivity index (χ0v) is 11.7. The zero-order valence-electron chi connectivity index (χ0n) is 11.7. The molecule has 4 nitrogen and oxygen atoms in total. The summed E-state index contributed by atoms with van der Waals surface area (Å²) < 4.78 is 4.81. The summed E-state index contributed by atoms with van der Waals surface area (Å²) in [5.74, 6) is -0.271. The van der Waals surface area contributed by atoms with Gasteiger partial charge in [-0.2, -0.15) is 5.26 Å². The van der Waals surface area contributed by atoms with Crippen LogP contribution in [0.3, 0.4) is 0 Å². The van der Waals surface area contributed by atoms with Crippen LogP contribution in [0.1, 0.15) is 13.3 Å². The molecule has 0 saturated heterocycles. The fourth-order valence-corrected chi connectivity index (χ4v) is 1.56. The monoisotopic (exact) mass is 270 g/mol. The molecule has 0 unspecified atom stereocenters. The first-order chi connectivity index (χ1) is 9.69. The van der Waals surface area contributed by atoms with Gasteiger partial charge in [0.05, 0.1) is 13.0 Å². The predicted molar refractivity (Wildman–Crippen MR) is 78.9 cm³/mol. The van der Waals surface area contributed by atoms with Crippen LogP contribution in [-0.4, -0.2) is 19.6 Å². The lowest BCUT2D eigenvalue weighted by molar-refractivity contribution is -0.142. The number of carbonyl (C=O) groups is 1. The standard InChI is InChI=1S/C16H18N2O2/c1-3-20-16(19)12-8-7-11-15(13-17)18(2)14-9-5-4-6-10-14/h4-11H,3,12H2,1-2H3/b8-7+,15-11-. The number of hydrogen-bond donors (Lipinski definition) is 0. The van der Waals surface area contributed by atoms with Gasteiger partial charge in [-0.25, -0.2) is 0 Å². The molecule has 20 heavy (non-hydrogen) atoms. The molecule has 0 aliphatic heterocycles. The fourth-order valence-electron chi connectivity index (χ4n) is 1.56. The molecule has 0 heterocycles. The predicted octanol–water partition coefficient (Wildman–Crippen LogP) is 3.04. The third-order valence-electron chi connectivity index (χ3n) is 2.60. The van der Waals surface area contributed by atoms with Gasteiger partial charge in [-0.05, 0) is 25.1 Å². The van der Waals surface area contributed by atoms with Crippen LogP contribution in [0.2, 0.25) is 0 Å². The van der Waals surface area contributed by atoms with E-state index >= 15 is 0 Å². The van der Waals surface area contributed by atoms with Gasteiger partial charge in [-0.15, -0.1) is 0 Å². The molecule has 0 atom stereocenters. The third-order valence-corrected chi connectivity index (χ3v) is 2.60. The number of benzene rings is 1. The van der Waals surface area contributed by atoms with Gasteiger partial charge in [-0.3, -0.25) is 4.79 Å². The van der Waals surface area contributed by atoms with Crippen molar-refractivity contribution < 1.29 is 9.53 Å². The van der Waals surface area contributed by atoms with Gasteiger partial charge >= 0.3 is 5.97 Å². The average molecular weight is 270 g/mol. The van der Waals surface area contributed by atoms with Crippen LogP contribution < -0.4 is 4.90 Å². The van der Waals surface area contributed by atoms with E-state index in [1.165, 1.54) is 0 Å². The minimum atomic E-state index is -0.271. The lowest BCUT2D eigenvalue weighted by atomic mass is 10.2. The van der Waals surface area contributed by atoms with Crippen LogP contribution >= 0.6 is 0 Å². The second-order valence-electron chi connectivity index (χ2n) is 4.00. The van der Waals surface area contributed by atoms with E-state index in [0.717, 1.165) is 5.69 Å². The second-order valence-corrected chi connectivity index (χ2v) is 4.00. The SMILES string of the molecule is CCOC(=O)C/C=C/C=C(/C#N)N(C)c1ccccc1. The Balaban J connectivity index is 2.67. The Morgan fingerprint density at radius 2 is 2.10 bits per heavy atom. The Labute approximate surface area is 119 Å². The molecule has 0 aliphatic rings. The average Bonchev–Trinajstić information content (AvgIpc) is 2.48. The smallest absolute Gasteiger partial charge is 0.309 e. The Bertz CT molecular complexity index is 527. The number of para-hydroxylation sites is 1. The van der Waals surface area contributed by atoms with Gasteiger partial charge in [-0.1, -0.05) is 30.4 Å². The Hall–Kier alpha value is -2.54. The molecule has 104 valence electrons. The summed E-state index contributed by atoms with van der Waals surface area (Å²) in [6, 6.07) is 11.7. The highest BCUT2D eigenvalue weighted by Gasteiger charge is 2.04. The van der Waals surface area contributed by atoms with Gasteiger partial charge < -0.3 is 9.64 Å². The number of nitrogens with zero attached hydrogens (tertiary/aromatic N) is 2. The molecule has 0 bridgehead atoms. The largest absolute Gasteiger partial charge is 0.466 e. The molecular formula is C16H18N2O2.